The Morgan fingerprint density at radius 1 is 1.07 bits per heavy atom. The minimum atomic E-state index is 0.781. The quantitative estimate of drug-likeness (QED) is 0.665. The Bertz CT molecular complexity index is 515. The van der Waals surface area contributed by atoms with Crippen LogP contribution < -0.4 is 5.32 Å². The van der Waals surface area contributed by atoms with E-state index in [0.717, 1.165) is 6.54 Å². The highest BCUT2D eigenvalue weighted by Crippen LogP contribution is 2.27. The number of nitrogens with zero attached hydrogens (tertiary/aromatic N) is 1. The Balaban J connectivity index is 2.37. The topological polar surface area (TPSA) is 24.4 Å². The highest BCUT2D eigenvalue weighted by molar-refractivity contribution is 5.94. The standard InChI is InChI=1S/C12H10N2/c1-2-4-10-9(3-1)5-6-12-11(10)7-13-8-14-12/h1-6,8H,7H2,(H,13,14). The molecule has 0 amide bonds. The molecule has 1 N–H and O–H groups in total. The van der Waals surface area contributed by atoms with Crippen LogP contribution in [-0.4, -0.2) is 6.34 Å². The molecule has 14 heavy (non-hydrogen) atoms. The Morgan fingerprint density at radius 2 is 2.00 bits per heavy atom. The molecule has 68 valence electrons. The van der Waals surface area contributed by atoms with Gasteiger partial charge < -0.3 is 5.32 Å². The van der Waals surface area contributed by atoms with E-state index in [4.69, 9.17) is 0 Å². The highest BCUT2D eigenvalue weighted by Gasteiger charge is 2.08. The largest absolute Gasteiger partial charge is 0.346 e. The molecule has 0 saturated heterocycles. The highest BCUT2D eigenvalue weighted by atomic mass is 15.0. The van der Waals surface area contributed by atoms with Gasteiger partial charge in [0.15, 0.2) is 0 Å². The van der Waals surface area contributed by atoms with E-state index in [-0.39, 0.29) is 0 Å². The second kappa shape index (κ2) is 2.84. The van der Waals surface area contributed by atoms with Crippen LogP contribution in [0.15, 0.2) is 41.4 Å². The minimum Gasteiger partial charge on any atom is -0.346 e. The van der Waals surface area contributed by atoms with Crippen LogP contribution in [0.25, 0.3) is 10.8 Å². The van der Waals surface area contributed by atoms with Gasteiger partial charge in [0.05, 0.1) is 12.9 Å². The summed E-state index contributed by atoms with van der Waals surface area (Å²) in [6, 6.07) is 12.7. The molecule has 2 nitrogen and oxygen atoms in total. The van der Waals surface area contributed by atoms with Crippen molar-refractivity contribution in [2.24, 2.45) is 4.99 Å². The molecular formula is C12H10N2. The zero-order chi connectivity index (χ0) is 9.38. The van der Waals surface area contributed by atoms with Crippen molar-refractivity contribution in [1.29, 1.82) is 0 Å². The number of aliphatic imine (C=N–C) groups is 1. The van der Waals surface area contributed by atoms with Crippen molar-refractivity contribution in [2.75, 3.05) is 5.32 Å². The molecule has 0 atom stereocenters. The van der Waals surface area contributed by atoms with Crippen molar-refractivity contribution in [3.8, 4) is 0 Å². The van der Waals surface area contributed by atoms with Crippen LogP contribution in [0.2, 0.25) is 0 Å². The average Bonchev–Trinajstić information content (AvgIpc) is 2.29. The number of rotatable bonds is 0. The maximum Gasteiger partial charge on any atom is 0.0872 e. The third kappa shape index (κ3) is 1.01. The van der Waals surface area contributed by atoms with E-state index in [0.29, 0.717) is 0 Å². The first-order valence-electron chi connectivity index (χ1n) is 4.70. The summed E-state index contributed by atoms with van der Waals surface area (Å²) in [5.74, 6) is 0. The number of fused-ring (bicyclic) bond motifs is 3. The van der Waals surface area contributed by atoms with Crippen molar-refractivity contribution in [1.82, 2.24) is 0 Å². The second-order valence-electron chi connectivity index (χ2n) is 3.43. The van der Waals surface area contributed by atoms with Gasteiger partial charge >= 0.3 is 0 Å². The Kier molecular flexibility index (Phi) is 1.53. The molecule has 0 radical (unpaired) electrons. The molecule has 0 unspecified atom stereocenters. The van der Waals surface area contributed by atoms with Crippen LogP contribution in [-0.2, 0) is 6.54 Å². The number of benzene rings is 2. The molecule has 1 aliphatic rings. The summed E-state index contributed by atoms with van der Waals surface area (Å²) < 4.78 is 0. The van der Waals surface area contributed by atoms with E-state index in [1.807, 2.05) is 0 Å². The maximum atomic E-state index is 4.23. The molecule has 0 spiro atoms. The van der Waals surface area contributed by atoms with Gasteiger partial charge in [-0.15, -0.1) is 0 Å². The van der Waals surface area contributed by atoms with Crippen LogP contribution in [0.1, 0.15) is 5.56 Å². The Morgan fingerprint density at radius 3 is 3.00 bits per heavy atom. The summed E-state index contributed by atoms with van der Waals surface area (Å²) in [5, 5.41) is 5.75. The first-order valence-corrected chi connectivity index (χ1v) is 4.70. The van der Waals surface area contributed by atoms with Crippen molar-refractivity contribution < 1.29 is 0 Å². The number of hydrogen-bond donors (Lipinski definition) is 1. The van der Waals surface area contributed by atoms with Gasteiger partial charge in [-0.25, -0.2) is 0 Å². The normalized spacial score (nSPS) is 13.7. The van der Waals surface area contributed by atoms with Gasteiger partial charge in [0.2, 0.25) is 0 Å². The van der Waals surface area contributed by atoms with E-state index in [2.05, 4.69) is 46.7 Å². The molecule has 2 aromatic rings. The third-order valence-corrected chi connectivity index (χ3v) is 2.60. The van der Waals surface area contributed by atoms with E-state index in [1.165, 1.54) is 22.0 Å². The molecule has 1 aliphatic heterocycles. The Hall–Kier alpha value is -1.83. The van der Waals surface area contributed by atoms with E-state index in [9.17, 15) is 0 Å². The van der Waals surface area contributed by atoms with Gasteiger partial charge in [0.1, 0.15) is 0 Å². The van der Waals surface area contributed by atoms with Gasteiger partial charge in [0.25, 0.3) is 0 Å². The molecule has 0 aromatic heterocycles. The molecule has 1 heterocycles. The van der Waals surface area contributed by atoms with Gasteiger partial charge in [-0.2, -0.15) is 0 Å². The number of hydrogen-bond acceptors (Lipinski definition) is 2. The first kappa shape index (κ1) is 7.56. The number of nitrogens with one attached hydrogen (secondary N) is 1. The lowest BCUT2D eigenvalue weighted by Gasteiger charge is -2.14. The predicted molar refractivity (Wildman–Crippen MR) is 59.8 cm³/mol. The average molecular weight is 182 g/mol. The third-order valence-electron chi connectivity index (χ3n) is 2.60. The zero-order valence-electron chi connectivity index (χ0n) is 7.70. The second-order valence-corrected chi connectivity index (χ2v) is 3.43. The summed E-state index contributed by atoms with van der Waals surface area (Å²) in [4.78, 5) is 4.23. The van der Waals surface area contributed by atoms with Gasteiger partial charge in [-0.1, -0.05) is 30.3 Å². The fourth-order valence-corrected chi connectivity index (χ4v) is 1.89. The zero-order valence-corrected chi connectivity index (χ0v) is 7.70. The maximum absolute atomic E-state index is 4.23. The lowest BCUT2D eigenvalue weighted by Crippen LogP contribution is -2.05. The fraction of sp³-hybridized carbons (Fsp3) is 0.0833. The Labute approximate surface area is 82.3 Å². The van der Waals surface area contributed by atoms with Crippen molar-refractivity contribution in [3.05, 3.63) is 42.0 Å². The van der Waals surface area contributed by atoms with E-state index < -0.39 is 0 Å². The molecule has 0 aliphatic carbocycles. The molecule has 0 fully saturated rings. The lowest BCUT2D eigenvalue weighted by atomic mass is 10.0. The van der Waals surface area contributed by atoms with Gasteiger partial charge in [-0.3, -0.25) is 4.99 Å². The molecule has 2 heteroatoms. The SMILES string of the molecule is C1=NCc2c(ccc3ccccc23)N1. The fourth-order valence-electron chi connectivity index (χ4n) is 1.89. The van der Waals surface area contributed by atoms with Gasteiger partial charge in [-0.05, 0) is 16.8 Å². The summed E-state index contributed by atoms with van der Waals surface area (Å²) in [6.45, 7) is 0.781. The van der Waals surface area contributed by atoms with E-state index >= 15 is 0 Å². The van der Waals surface area contributed by atoms with Crippen molar-refractivity contribution in [2.45, 2.75) is 6.54 Å². The van der Waals surface area contributed by atoms with Crippen LogP contribution in [0, 0.1) is 0 Å². The molecule has 3 rings (SSSR count). The molecule has 0 bridgehead atoms. The monoisotopic (exact) mass is 182 g/mol. The van der Waals surface area contributed by atoms with Crippen LogP contribution in [0.5, 0.6) is 0 Å². The summed E-state index contributed by atoms with van der Waals surface area (Å²) in [6.07, 6.45) is 1.76. The first-order chi connectivity index (χ1) is 6.95. The molecule has 2 aromatic carbocycles. The summed E-state index contributed by atoms with van der Waals surface area (Å²) in [7, 11) is 0. The summed E-state index contributed by atoms with van der Waals surface area (Å²) in [5.41, 5.74) is 2.48. The molecular weight excluding hydrogens is 172 g/mol. The van der Waals surface area contributed by atoms with Crippen LogP contribution >= 0.6 is 0 Å². The number of anilines is 1. The van der Waals surface area contributed by atoms with Crippen LogP contribution in [0.4, 0.5) is 5.69 Å². The van der Waals surface area contributed by atoms with Crippen molar-refractivity contribution in [3.63, 3.8) is 0 Å². The summed E-state index contributed by atoms with van der Waals surface area (Å²) >= 11 is 0. The van der Waals surface area contributed by atoms with E-state index in [1.54, 1.807) is 6.34 Å². The molecule has 0 saturated carbocycles. The predicted octanol–water partition coefficient (Wildman–Crippen LogP) is 2.79. The van der Waals surface area contributed by atoms with Gasteiger partial charge in [0, 0.05) is 11.3 Å². The van der Waals surface area contributed by atoms with Crippen molar-refractivity contribution >= 4 is 22.8 Å². The minimum absolute atomic E-state index is 0.781. The smallest absolute Gasteiger partial charge is 0.0872 e. The van der Waals surface area contributed by atoms with Crippen LogP contribution in [0.3, 0.4) is 0 Å². The lowest BCUT2D eigenvalue weighted by molar-refractivity contribution is 1.08.